The van der Waals surface area contributed by atoms with E-state index in [2.05, 4.69) is 51.8 Å². The predicted octanol–water partition coefficient (Wildman–Crippen LogP) is 2.34. The molecule has 1 aliphatic rings. The summed E-state index contributed by atoms with van der Waals surface area (Å²) in [5.74, 6) is 0.208. The molecular formula is C14H19IN2O. The van der Waals surface area contributed by atoms with Crippen LogP contribution in [0.5, 0.6) is 0 Å². The normalized spacial score (nSPS) is 20.2. The Labute approximate surface area is 122 Å². The second kappa shape index (κ2) is 5.17. The number of carbonyl (C=O) groups excluding carboxylic acids is 1. The molecule has 0 atom stereocenters. The molecule has 2 rings (SSSR count). The van der Waals surface area contributed by atoms with Crippen LogP contribution in [0, 0.1) is 3.57 Å². The van der Waals surface area contributed by atoms with Crippen molar-refractivity contribution in [3.8, 4) is 0 Å². The van der Waals surface area contributed by atoms with Crippen molar-refractivity contribution in [3.63, 3.8) is 0 Å². The predicted molar refractivity (Wildman–Crippen MR) is 81.3 cm³/mol. The fraction of sp³-hybridized carbons (Fsp3) is 0.500. The number of hydrogen-bond acceptors (Lipinski definition) is 2. The van der Waals surface area contributed by atoms with E-state index in [1.165, 1.54) is 9.13 Å². The van der Waals surface area contributed by atoms with Crippen LogP contribution in [0.3, 0.4) is 0 Å². The lowest BCUT2D eigenvalue weighted by molar-refractivity contribution is -0.147. The standard InChI is InChI=1S/C14H19IN2O/c1-14(2)13(18)16(3)8-9-17(14)10-11-4-6-12(15)7-5-11/h4-7H,8-10H2,1-3H3. The number of carbonyl (C=O) groups is 1. The quantitative estimate of drug-likeness (QED) is 0.758. The molecule has 1 aromatic carbocycles. The molecule has 18 heavy (non-hydrogen) atoms. The summed E-state index contributed by atoms with van der Waals surface area (Å²) >= 11 is 2.31. The number of amides is 1. The molecule has 1 amide bonds. The zero-order chi connectivity index (χ0) is 13.3. The lowest BCUT2D eigenvalue weighted by Crippen LogP contribution is -2.61. The molecule has 98 valence electrons. The molecule has 1 fully saturated rings. The largest absolute Gasteiger partial charge is 0.343 e. The van der Waals surface area contributed by atoms with E-state index >= 15 is 0 Å². The first-order valence-corrected chi connectivity index (χ1v) is 7.24. The van der Waals surface area contributed by atoms with Crippen molar-refractivity contribution in [2.75, 3.05) is 20.1 Å². The van der Waals surface area contributed by atoms with E-state index in [9.17, 15) is 4.79 Å². The van der Waals surface area contributed by atoms with Gasteiger partial charge >= 0.3 is 0 Å². The van der Waals surface area contributed by atoms with E-state index in [1.807, 2.05) is 25.8 Å². The summed E-state index contributed by atoms with van der Waals surface area (Å²) in [6.07, 6.45) is 0. The lowest BCUT2D eigenvalue weighted by Gasteiger charge is -2.44. The fourth-order valence-electron chi connectivity index (χ4n) is 2.34. The fourth-order valence-corrected chi connectivity index (χ4v) is 2.70. The summed E-state index contributed by atoms with van der Waals surface area (Å²) in [7, 11) is 1.88. The van der Waals surface area contributed by atoms with Gasteiger partial charge in [-0.25, -0.2) is 0 Å². The SMILES string of the molecule is CN1CCN(Cc2ccc(I)cc2)C(C)(C)C1=O. The van der Waals surface area contributed by atoms with Crippen LogP contribution in [0.4, 0.5) is 0 Å². The zero-order valence-electron chi connectivity index (χ0n) is 11.1. The number of benzene rings is 1. The van der Waals surface area contributed by atoms with Gasteiger partial charge in [0.15, 0.2) is 0 Å². The molecule has 0 radical (unpaired) electrons. The van der Waals surface area contributed by atoms with Gasteiger partial charge in [-0.1, -0.05) is 12.1 Å². The molecule has 0 bridgehead atoms. The molecule has 0 saturated carbocycles. The van der Waals surface area contributed by atoms with Gasteiger partial charge in [-0.2, -0.15) is 0 Å². The van der Waals surface area contributed by atoms with Gasteiger partial charge in [-0.15, -0.1) is 0 Å². The van der Waals surface area contributed by atoms with Gasteiger partial charge in [0, 0.05) is 30.3 Å². The van der Waals surface area contributed by atoms with Crippen LogP contribution in [0.25, 0.3) is 0 Å². The Morgan fingerprint density at radius 2 is 1.83 bits per heavy atom. The van der Waals surface area contributed by atoms with Crippen LogP contribution >= 0.6 is 22.6 Å². The highest BCUT2D eigenvalue weighted by molar-refractivity contribution is 14.1. The third-order valence-corrected chi connectivity index (χ3v) is 4.37. The third-order valence-electron chi connectivity index (χ3n) is 3.65. The monoisotopic (exact) mass is 358 g/mol. The Kier molecular flexibility index (Phi) is 3.96. The molecule has 1 heterocycles. The van der Waals surface area contributed by atoms with Crippen molar-refractivity contribution < 1.29 is 4.79 Å². The molecule has 0 unspecified atom stereocenters. The van der Waals surface area contributed by atoms with E-state index in [0.29, 0.717) is 0 Å². The first kappa shape index (κ1) is 13.8. The minimum atomic E-state index is -0.407. The van der Waals surface area contributed by atoms with Crippen molar-refractivity contribution in [2.24, 2.45) is 0 Å². The van der Waals surface area contributed by atoms with E-state index < -0.39 is 5.54 Å². The number of piperazine rings is 1. The number of likely N-dealkylation sites (N-methyl/N-ethyl adjacent to an activating group) is 1. The molecular weight excluding hydrogens is 339 g/mol. The third kappa shape index (κ3) is 2.69. The Balaban J connectivity index is 2.14. The van der Waals surface area contributed by atoms with Crippen molar-refractivity contribution in [1.29, 1.82) is 0 Å². The minimum absolute atomic E-state index is 0.208. The van der Waals surface area contributed by atoms with Gasteiger partial charge in [-0.05, 0) is 54.1 Å². The number of nitrogens with zero attached hydrogens (tertiary/aromatic N) is 2. The van der Waals surface area contributed by atoms with E-state index in [4.69, 9.17) is 0 Å². The molecule has 0 N–H and O–H groups in total. The molecule has 0 aliphatic carbocycles. The van der Waals surface area contributed by atoms with Crippen molar-refractivity contribution in [1.82, 2.24) is 9.80 Å². The van der Waals surface area contributed by atoms with Crippen molar-refractivity contribution in [2.45, 2.75) is 25.9 Å². The molecule has 1 aliphatic heterocycles. The second-order valence-corrected chi connectivity index (χ2v) is 6.58. The van der Waals surface area contributed by atoms with Gasteiger partial charge < -0.3 is 4.90 Å². The van der Waals surface area contributed by atoms with E-state index in [1.54, 1.807) is 0 Å². The van der Waals surface area contributed by atoms with Gasteiger partial charge in [-0.3, -0.25) is 9.69 Å². The molecule has 1 aromatic rings. The first-order valence-electron chi connectivity index (χ1n) is 6.16. The highest BCUT2D eigenvalue weighted by atomic mass is 127. The van der Waals surface area contributed by atoms with Crippen LogP contribution < -0.4 is 0 Å². The maximum atomic E-state index is 12.2. The molecule has 1 saturated heterocycles. The lowest BCUT2D eigenvalue weighted by atomic mass is 9.97. The smallest absolute Gasteiger partial charge is 0.242 e. The van der Waals surface area contributed by atoms with Crippen LogP contribution in [0.1, 0.15) is 19.4 Å². The minimum Gasteiger partial charge on any atom is -0.343 e. The van der Waals surface area contributed by atoms with Crippen molar-refractivity contribution in [3.05, 3.63) is 33.4 Å². The molecule has 4 heteroatoms. The molecule has 0 spiro atoms. The maximum absolute atomic E-state index is 12.2. The maximum Gasteiger partial charge on any atom is 0.242 e. The second-order valence-electron chi connectivity index (χ2n) is 5.33. The zero-order valence-corrected chi connectivity index (χ0v) is 13.3. The Hall–Kier alpha value is -0.620. The average Bonchev–Trinajstić information content (AvgIpc) is 2.33. The van der Waals surface area contributed by atoms with Gasteiger partial charge in [0.25, 0.3) is 0 Å². The highest BCUT2D eigenvalue weighted by Crippen LogP contribution is 2.24. The Morgan fingerprint density at radius 3 is 2.44 bits per heavy atom. The Bertz CT molecular complexity index is 442. The summed E-state index contributed by atoms with van der Waals surface area (Å²) in [6, 6.07) is 8.50. The summed E-state index contributed by atoms with van der Waals surface area (Å²) in [6.45, 7) is 6.60. The van der Waals surface area contributed by atoms with Crippen LogP contribution in [-0.4, -0.2) is 41.4 Å². The molecule has 0 aromatic heterocycles. The summed E-state index contributed by atoms with van der Waals surface area (Å²) in [5.41, 5.74) is 0.858. The topological polar surface area (TPSA) is 23.6 Å². The van der Waals surface area contributed by atoms with Gasteiger partial charge in [0.1, 0.15) is 0 Å². The number of halogens is 1. The van der Waals surface area contributed by atoms with Crippen LogP contribution in [0.15, 0.2) is 24.3 Å². The summed E-state index contributed by atoms with van der Waals surface area (Å²) in [4.78, 5) is 16.3. The highest BCUT2D eigenvalue weighted by Gasteiger charge is 2.40. The Morgan fingerprint density at radius 1 is 1.22 bits per heavy atom. The summed E-state index contributed by atoms with van der Waals surface area (Å²) < 4.78 is 1.24. The van der Waals surface area contributed by atoms with Crippen LogP contribution in [-0.2, 0) is 11.3 Å². The summed E-state index contributed by atoms with van der Waals surface area (Å²) in [5, 5.41) is 0. The van der Waals surface area contributed by atoms with Crippen molar-refractivity contribution >= 4 is 28.5 Å². The molecule has 3 nitrogen and oxygen atoms in total. The van der Waals surface area contributed by atoms with E-state index in [-0.39, 0.29) is 5.91 Å². The van der Waals surface area contributed by atoms with Gasteiger partial charge in [0.05, 0.1) is 5.54 Å². The number of hydrogen-bond donors (Lipinski definition) is 0. The van der Waals surface area contributed by atoms with E-state index in [0.717, 1.165) is 19.6 Å². The van der Waals surface area contributed by atoms with Crippen LogP contribution in [0.2, 0.25) is 0 Å². The first-order chi connectivity index (χ1) is 8.41. The number of rotatable bonds is 2. The average molecular weight is 358 g/mol. The van der Waals surface area contributed by atoms with Gasteiger partial charge in [0.2, 0.25) is 5.91 Å².